The molecule has 0 amide bonds. The van der Waals surface area contributed by atoms with Crippen LogP contribution in [0.3, 0.4) is 0 Å². The number of nitrogens with zero attached hydrogens (tertiary/aromatic N) is 2. The second kappa shape index (κ2) is 7.10. The van der Waals surface area contributed by atoms with Gasteiger partial charge in [-0.15, -0.1) is 0 Å². The predicted molar refractivity (Wildman–Crippen MR) is 92.2 cm³/mol. The summed E-state index contributed by atoms with van der Waals surface area (Å²) in [4.78, 5) is 9.50. The van der Waals surface area contributed by atoms with E-state index in [-0.39, 0.29) is 5.41 Å². The minimum absolute atomic E-state index is 0.0617. The van der Waals surface area contributed by atoms with Gasteiger partial charge in [-0.2, -0.15) is 0 Å². The van der Waals surface area contributed by atoms with E-state index >= 15 is 0 Å². The van der Waals surface area contributed by atoms with Crippen LogP contribution in [0.5, 0.6) is 0 Å². The predicted octanol–water partition coefficient (Wildman–Crippen LogP) is 4.36. The molecule has 0 aliphatic rings. The summed E-state index contributed by atoms with van der Waals surface area (Å²) in [6, 6.07) is 0.380. The fourth-order valence-corrected chi connectivity index (χ4v) is 1.79. The molecule has 0 aliphatic carbocycles. The van der Waals surface area contributed by atoms with Gasteiger partial charge in [0.25, 0.3) is 0 Å². The van der Waals surface area contributed by atoms with Crippen LogP contribution in [-0.2, 0) is 5.41 Å². The zero-order chi connectivity index (χ0) is 16.2. The Balaban J connectivity index is 3.20. The standard InChI is InChI=1S/C17H32N4/c1-9-10-18-14-12(4)15(19-13(5)11(2)3)21-16(20-14)17(6,7)8/h11,13H,9-10H2,1-8H3,(H2,18,19,20,21). The lowest BCUT2D eigenvalue weighted by molar-refractivity contribution is 0.538. The number of aromatic nitrogens is 2. The van der Waals surface area contributed by atoms with Crippen LogP contribution in [0, 0.1) is 12.8 Å². The van der Waals surface area contributed by atoms with Crippen LogP contribution in [0.4, 0.5) is 11.6 Å². The first-order chi connectivity index (χ1) is 9.66. The normalized spacial score (nSPS) is 13.4. The molecule has 2 N–H and O–H groups in total. The quantitative estimate of drug-likeness (QED) is 0.818. The molecule has 0 fully saturated rings. The van der Waals surface area contributed by atoms with Crippen molar-refractivity contribution in [3.05, 3.63) is 11.4 Å². The van der Waals surface area contributed by atoms with Crippen molar-refractivity contribution in [3.8, 4) is 0 Å². The first kappa shape index (κ1) is 17.7. The molecule has 0 saturated heterocycles. The molecule has 0 radical (unpaired) electrons. The number of hydrogen-bond donors (Lipinski definition) is 2. The molecular formula is C17H32N4. The fraction of sp³-hybridized carbons (Fsp3) is 0.765. The topological polar surface area (TPSA) is 49.8 Å². The van der Waals surface area contributed by atoms with E-state index in [1.54, 1.807) is 0 Å². The van der Waals surface area contributed by atoms with Crippen LogP contribution in [-0.4, -0.2) is 22.6 Å². The first-order valence-electron chi connectivity index (χ1n) is 8.06. The highest BCUT2D eigenvalue weighted by Crippen LogP contribution is 2.27. The zero-order valence-corrected chi connectivity index (χ0v) is 15.0. The molecule has 0 saturated carbocycles. The molecule has 1 aromatic rings. The van der Waals surface area contributed by atoms with Gasteiger partial charge in [-0.1, -0.05) is 41.5 Å². The van der Waals surface area contributed by atoms with E-state index in [0.29, 0.717) is 12.0 Å². The van der Waals surface area contributed by atoms with E-state index in [9.17, 15) is 0 Å². The molecule has 1 heterocycles. The highest BCUT2D eigenvalue weighted by atomic mass is 15.1. The van der Waals surface area contributed by atoms with Gasteiger partial charge >= 0.3 is 0 Å². The molecule has 0 aliphatic heterocycles. The summed E-state index contributed by atoms with van der Waals surface area (Å²) in [7, 11) is 0. The summed E-state index contributed by atoms with van der Waals surface area (Å²) >= 11 is 0. The summed E-state index contributed by atoms with van der Waals surface area (Å²) in [5, 5.41) is 6.97. The third-order valence-corrected chi connectivity index (χ3v) is 3.72. The summed E-state index contributed by atoms with van der Waals surface area (Å²) in [6.45, 7) is 18.3. The van der Waals surface area contributed by atoms with Gasteiger partial charge in [0.2, 0.25) is 0 Å². The second-order valence-corrected chi connectivity index (χ2v) is 7.22. The Morgan fingerprint density at radius 2 is 1.62 bits per heavy atom. The van der Waals surface area contributed by atoms with E-state index in [4.69, 9.17) is 9.97 Å². The van der Waals surface area contributed by atoms with Gasteiger partial charge in [-0.3, -0.25) is 0 Å². The molecule has 0 spiro atoms. The minimum atomic E-state index is -0.0617. The minimum Gasteiger partial charge on any atom is -0.370 e. The van der Waals surface area contributed by atoms with Gasteiger partial charge in [-0.25, -0.2) is 9.97 Å². The third kappa shape index (κ3) is 4.87. The molecule has 0 aromatic carbocycles. The van der Waals surface area contributed by atoms with E-state index < -0.39 is 0 Å². The lowest BCUT2D eigenvalue weighted by Gasteiger charge is -2.24. The molecule has 120 valence electrons. The number of nitrogens with one attached hydrogen (secondary N) is 2. The average Bonchev–Trinajstić information content (AvgIpc) is 2.38. The average molecular weight is 292 g/mol. The smallest absolute Gasteiger partial charge is 0.138 e. The Labute approximate surface area is 130 Å². The summed E-state index contributed by atoms with van der Waals surface area (Å²) in [5.74, 6) is 3.35. The van der Waals surface area contributed by atoms with Gasteiger partial charge in [0.1, 0.15) is 17.5 Å². The number of anilines is 2. The molecule has 1 unspecified atom stereocenters. The van der Waals surface area contributed by atoms with Gasteiger partial charge in [0.15, 0.2) is 0 Å². The van der Waals surface area contributed by atoms with E-state index in [1.807, 2.05) is 0 Å². The Hall–Kier alpha value is -1.32. The second-order valence-electron chi connectivity index (χ2n) is 7.22. The monoisotopic (exact) mass is 292 g/mol. The van der Waals surface area contributed by atoms with Crippen molar-refractivity contribution in [1.29, 1.82) is 0 Å². The van der Waals surface area contributed by atoms with Crippen molar-refractivity contribution in [3.63, 3.8) is 0 Å². The highest BCUT2D eigenvalue weighted by Gasteiger charge is 2.22. The Bertz CT molecular complexity index is 461. The van der Waals surface area contributed by atoms with Crippen LogP contribution in [0.15, 0.2) is 0 Å². The fourth-order valence-electron chi connectivity index (χ4n) is 1.79. The lowest BCUT2D eigenvalue weighted by Crippen LogP contribution is -2.25. The van der Waals surface area contributed by atoms with Crippen molar-refractivity contribution >= 4 is 11.6 Å². The summed E-state index contributed by atoms with van der Waals surface area (Å²) in [6.07, 6.45) is 1.08. The molecular weight excluding hydrogens is 260 g/mol. The van der Waals surface area contributed by atoms with Crippen LogP contribution < -0.4 is 10.6 Å². The van der Waals surface area contributed by atoms with E-state index in [1.165, 1.54) is 0 Å². The van der Waals surface area contributed by atoms with Crippen LogP contribution in [0.2, 0.25) is 0 Å². The summed E-state index contributed by atoms with van der Waals surface area (Å²) < 4.78 is 0. The zero-order valence-electron chi connectivity index (χ0n) is 15.0. The van der Waals surface area contributed by atoms with Gasteiger partial charge in [0.05, 0.1) is 0 Å². The SMILES string of the molecule is CCCNc1nc(C(C)(C)C)nc(NC(C)C(C)C)c1C. The van der Waals surface area contributed by atoms with Crippen molar-refractivity contribution in [1.82, 2.24) is 9.97 Å². The van der Waals surface area contributed by atoms with Gasteiger partial charge in [-0.05, 0) is 26.2 Å². The molecule has 0 bridgehead atoms. The first-order valence-corrected chi connectivity index (χ1v) is 8.06. The lowest BCUT2D eigenvalue weighted by atomic mass is 9.95. The maximum atomic E-state index is 4.77. The molecule has 21 heavy (non-hydrogen) atoms. The van der Waals surface area contributed by atoms with Crippen molar-refractivity contribution in [2.45, 2.75) is 73.3 Å². The molecule has 4 nitrogen and oxygen atoms in total. The highest BCUT2D eigenvalue weighted by molar-refractivity contribution is 5.58. The van der Waals surface area contributed by atoms with Crippen LogP contribution in [0.1, 0.15) is 66.3 Å². The maximum Gasteiger partial charge on any atom is 0.138 e. The summed E-state index contributed by atoms with van der Waals surface area (Å²) in [5.41, 5.74) is 1.04. The molecule has 1 rings (SSSR count). The maximum absolute atomic E-state index is 4.77. The third-order valence-electron chi connectivity index (χ3n) is 3.72. The van der Waals surface area contributed by atoms with Crippen molar-refractivity contribution < 1.29 is 0 Å². The van der Waals surface area contributed by atoms with E-state index in [0.717, 1.165) is 36.0 Å². The molecule has 1 aromatic heterocycles. The van der Waals surface area contributed by atoms with Gasteiger partial charge in [0, 0.05) is 23.6 Å². The van der Waals surface area contributed by atoms with Gasteiger partial charge < -0.3 is 10.6 Å². The van der Waals surface area contributed by atoms with E-state index in [2.05, 4.69) is 66.0 Å². The Morgan fingerprint density at radius 3 is 2.10 bits per heavy atom. The van der Waals surface area contributed by atoms with Crippen LogP contribution in [0.25, 0.3) is 0 Å². The Kier molecular flexibility index (Phi) is 5.99. The Morgan fingerprint density at radius 1 is 1.05 bits per heavy atom. The molecule has 4 heteroatoms. The van der Waals surface area contributed by atoms with Crippen molar-refractivity contribution in [2.75, 3.05) is 17.2 Å². The number of rotatable bonds is 6. The van der Waals surface area contributed by atoms with Crippen molar-refractivity contribution in [2.24, 2.45) is 5.92 Å². The largest absolute Gasteiger partial charge is 0.370 e. The van der Waals surface area contributed by atoms with Crippen LogP contribution >= 0.6 is 0 Å². The molecule has 1 atom stereocenters. The number of hydrogen-bond acceptors (Lipinski definition) is 4.